The molecule has 27 heavy (non-hydrogen) atoms. The minimum Gasteiger partial charge on any atom is -0.368 e. The molecule has 0 aliphatic carbocycles. The predicted octanol–water partition coefficient (Wildman–Crippen LogP) is 2.77. The lowest BCUT2D eigenvalue weighted by Crippen LogP contribution is -2.48. The second-order valence-corrected chi connectivity index (χ2v) is 7.23. The van der Waals surface area contributed by atoms with Gasteiger partial charge in [-0.05, 0) is 36.2 Å². The molecule has 4 rings (SSSR count). The van der Waals surface area contributed by atoms with Crippen molar-refractivity contribution in [1.82, 2.24) is 9.80 Å². The van der Waals surface area contributed by atoms with Gasteiger partial charge in [-0.25, -0.2) is 0 Å². The fraction of sp³-hybridized carbons (Fsp3) is 0.364. The number of anilines is 1. The Labute approximate surface area is 160 Å². The van der Waals surface area contributed by atoms with E-state index in [1.807, 2.05) is 52.3 Å². The molecule has 0 aromatic heterocycles. The molecule has 2 aromatic carbocycles. The van der Waals surface area contributed by atoms with Gasteiger partial charge >= 0.3 is 0 Å². The van der Waals surface area contributed by atoms with Crippen molar-refractivity contribution in [3.05, 3.63) is 65.7 Å². The van der Waals surface area contributed by atoms with Crippen LogP contribution in [0.5, 0.6) is 0 Å². The SMILES string of the molecule is O=C1CCCN1Cc1ccc(C(=O)N2CCN(c3ccccc3)CC2)cc1. The molecule has 2 amide bonds. The molecule has 2 heterocycles. The number of rotatable bonds is 4. The van der Waals surface area contributed by atoms with Gasteiger partial charge in [0.05, 0.1) is 0 Å². The van der Waals surface area contributed by atoms with Crippen LogP contribution in [0.2, 0.25) is 0 Å². The van der Waals surface area contributed by atoms with Gasteiger partial charge in [0.15, 0.2) is 0 Å². The molecule has 2 aliphatic heterocycles. The summed E-state index contributed by atoms with van der Waals surface area (Å²) < 4.78 is 0. The van der Waals surface area contributed by atoms with E-state index in [0.717, 1.165) is 50.3 Å². The molecule has 2 aromatic rings. The van der Waals surface area contributed by atoms with E-state index in [1.165, 1.54) is 5.69 Å². The number of likely N-dealkylation sites (tertiary alicyclic amines) is 1. The number of hydrogen-bond donors (Lipinski definition) is 0. The standard InChI is InChI=1S/C22H25N3O2/c26-21-7-4-12-25(21)17-18-8-10-19(11-9-18)22(27)24-15-13-23(14-16-24)20-5-2-1-3-6-20/h1-3,5-6,8-11H,4,7,12-17H2. The monoisotopic (exact) mass is 363 g/mol. The molecule has 2 fully saturated rings. The maximum absolute atomic E-state index is 12.8. The summed E-state index contributed by atoms with van der Waals surface area (Å²) in [5, 5.41) is 0. The van der Waals surface area contributed by atoms with Crippen molar-refractivity contribution >= 4 is 17.5 Å². The highest BCUT2D eigenvalue weighted by Crippen LogP contribution is 2.18. The molecule has 2 saturated heterocycles. The van der Waals surface area contributed by atoms with E-state index < -0.39 is 0 Å². The Morgan fingerprint density at radius 1 is 0.852 bits per heavy atom. The topological polar surface area (TPSA) is 43.9 Å². The Hall–Kier alpha value is -2.82. The maximum atomic E-state index is 12.8. The summed E-state index contributed by atoms with van der Waals surface area (Å²) in [4.78, 5) is 30.7. The molecule has 2 aliphatic rings. The first-order valence-electron chi connectivity index (χ1n) is 9.67. The summed E-state index contributed by atoms with van der Waals surface area (Å²) in [6, 6.07) is 18.1. The van der Waals surface area contributed by atoms with Crippen LogP contribution < -0.4 is 4.90 Å². The normalized spacial score (nSPS) is 17.5. The van der Waals surface area contributed by atoms with E-state index in [2.05, 4.69) is 17.0 Å². The lowest BCUT2D eigenvalue weighted by Gasteiger charge is -2.36. The van der Waals surface area contributed by atoms with E-state index in [9.17, 15) is 9.59 Å². The molecule has 5 nitrogen and oxygen atoms in total. The zero-order valence-corrected chi connectivity index (χ0v) is 15.5. The second kappa shape index (κ2) is 7.82. The summed E-state index contributed by atoms with van der Waals surface area (Å²) in [7, 11) is 0. The number of nitrogens with zero attached hydrogens (tertiary/aromatic N) is 3. The molecule has 0 saturated carbocycles. The lowest BCUT2D eigenvalue weighted by molar-refractivity contribution is -0.128. The van der Waals surface area contributed by atoms with Crippen molar-refractivity contribution < 1.29 is 9.59 Å². The highest BCUT2D eigenvalue weighted by Gasteiger charge is 2.23. The van der Waals surface area contributed by atoms with Crippen LogP contribution in [0.4, 0.5) is 5.69 Å². The van der Waals surface area contributed by atoms with Crippen LogP contribution in [-0.4, -0.2) is 54.3 Å². The van der Waals surface area contributed by atoms with Crippen molar-refractivity contribution in [2.24, 2.45) is 0 Å². The average molecular weight is 363 g/mol. The van der Waals surface area contributed by atoms with Crippen LogP contribution in [0, 0.1) is 0 Å². The third-order valence-corrected chi connectivity index (χ3v) is 5.43. The van der Waals surface area contributed by atoms with E-state index in [-0.39, 0.29) is 11.8 Å². The summed E-state index contributed by atoms with van der Waals surface area (Å²) in [5.41, 5.74) is 3.01. The molecule has 0 N–H and O–H groups in total. The Kier molecular flexibility index (Phi) is 5.10. The third-order valence-electron chi connectivity index (χ3n) is 5.43. The lowest BCUT2D eigenvalue weighted by atomic mass is 10.1. The van der Waals surface area contributed by atoms with E-state index in [1.54, 1.807) is 0 Å². The Morgan fingerprint density at radius 2 is 1.56 bits per heavy atom. The predicted molar refractivity (Wildman–Crippen MR) is 106 cm³/mol. The van der Waals surface area contributed by atoms with E-state index in [0.29, 0.717) is 13.0 Å². The number of piperazine rings is 1. The summed E-state index contributed by atoms with van der Waals surface area (Å²) in [6.45, 7) is 4.65. The molecular formula is C22H25N3O2. The maximum Gasteiger partial charge on any atom is 0.253 e. The summed E-state index contributed by atoms with van der Waals surface area (Å²) >= 11 is 0. The first kappa shape index (κ1) is 17.6. The largest absolute Gasteiger partial charge is 0.368 e. The van der Waals surface area contributed by atoms with Crippen LogP contribution in [0.3, 0.4) is 0 Å². The smallest absolute Gasteiger partial charge is 0.253 e. The number of benzene rings is 2. The van der Waals surface area contributed by atoms with Gasteiger partial charge in [-0.2, -0.15) is 0 Å². The number of para-hydroxylation sites is 1. The molecule has 0 unspecified atom stereocenters. The zero-order valence-electron chi connectivity index (χ0n) is 15.5. The van der Waals surface area contributed by atoms with Gasteiger partial charge in [0.1, 0.15) is 0 Å². The number of carbonyl (C=O) groups is 2. The average Bonchev–Trinajstić information content (AvgIpc) is 3.13. The molecule has 0 bridgehead atoms. The number of hydrogen-bond acceptors (Lipinski definition) is 3. The Bertz CT molecular complexity index is 796. The molecule has 140 valence electrons. The van der Waals surface area contributed by atoms with Crippen LogP contribution in [0.25, 0.3) is 0 Å². The quantitative estimate of drug-likeness (QED) is 0.839. The Balaban J connectivity index is 1.34. The van der Waals surface area contributed by atoms with E-state index in [4.69, 9.17) is 0 Å². The van der Waals surface area contributed by atoms with Gasteiger partial charge in [-0.3, -0.25) is 9.59 Å². The molecular weight excluding hydrogens is 338 g/mol. The van der Waals surface area contributed by atoms with Gasteiger partial charge in [-0.15, -0.1) is 0 Å². The van der Waals surface area contributed by atoms with Crippen molar-refractivity contribution in [2.75, 3.05) is 37.6 Å². The number of amides is 2. The minimum absolute atomic E-state index is 0.0894. The zero-order chi connectivity index (χ0) is 18.6. The second-order valence-electron chi connectivity index (χ2n) is 7.23. The van der Waals surface area contributed by atoms with Crippen LogP contribution in [0.1, 0.15) is 28.8 Å². The van der Waals surface area contributed by atoms with E-state index >= 15 is 0 Å². The number of carbonyl (C=O) groups excluding carboxylic acids is 2. The van der Waals surface area contributed by atoms with Gasteiger partial charge in [0.25, 0.3) is 5.91 Å². The fourth-order valence-corrected chi connectivity index (χ4v) is 3.83. The van der Waals surface area contributed by atoms with Crippen molar-refractivity contribution in [3.63, 3.8) is 0 Å². The van der Waals surface area contributed by atoms with Crippen LogP contribution >= 0.6 is 0 Å². The first-order valence-corrected chi connectivity index (χ1v) is 9.67. The highest BCUT2D eigenvalue weighted by atomic mass is 16.2. The minimum atomic E-state index is 0.0894. The summed E-state index contributed by atoms with van der Waals surface area (Å²) in [5.74, 6) is 0.318. The van der Waals surface area contributed by atoms with Gasteiger partial charge < -0.3 is 14.7 Å². The van der Waals surface area contributed by atoms with Gasteiger partial charge in [0, 0.05) is 56.9 Å². The molecule has 5 heteroatoms. The summed E-state index contributed by atoms with van der Waals surface area (Å²) in [6.07, 6.45) is 1.61. The van der Waals surface area contributed by atoms with Crippen LogP contribution in [0.15, 0.2) is 54.6 Å². The van der Waals surface area contributed by atoms with Gasteiger partial charge in [-0.1, -0.05) is 30.3 Å². The third kappa shape index (κ3) is 3.97. The van der Waals surface area contributed by atoms with Crippen molar-refractivity contribution in [3.8, 4) is 0 Å². The highest BCUT2D eigenvalue weighted by molar-refractivity contribution is 5.94. The first-order chi connectivity index (χ1) is 13.2. The fourth-order valence-electron chi connectivity index (χ4n) is 3.83. The Morgan fingerprint density at radius 3 is 2.19 bits per heavy atom. The van der Waals surface area contributed by atoms with Gasteiger partial charge in [0.2, 0.25) is 5.91 Å². The van der Waals surface area contributed by atoms with Crippen molar-refractivity contribution in [2.45, 2.75) is 19.4 Å². The van der Waals surface area contributed by atoms with Crippen molar-refractivity contribution in [1.29, 1.82) is 0 Å². The molecule has 0 radical (unpaired) electrons. The molecule has 0 atom stereocenters. The molecule has 0 spiro atoms. The van der Waals surface area contributed by atoms with Crippen LogP contribution in [-0.2, 0) is 11.3 Å².